The van der Waals surface area contributed by atoms with Gasteiger partial charge in [0.15, 0.2) is 0 Å². The molecule has 0 spiro atoms. The van der Waals surface area contributed by atoms with Crippen LogP contribution in [0.1, 0.15) is 53.9 Å². The van der Waals surface area contributed by atoms with Gasteiger partial charge in [-0.2, -0.15) is 0 Å². The van der Waals surface area contributed by atoms with E-state index in [-0.39, 0.29) is 11.9 Å². The van der Waals surface area contributed by atoms with Crippen LogP contribution in [-0.4, -0.2) is 37.1 Å². The summed E-state index contributed by atoms with van der Waals surface area (Å²) in [7, 11) is 0. The molecule has 1 saturated heterocycles. The first kappa shape index (κ1) is 16.5. The second-order valence-corrected chi connectivity index (χ2v) is 6.95. The van der Waals surface area contributed by atoms with Crippen LogP contribution < -0.4 is 0 Å². The highest BCUT2D eigenvalue weighted by Crippen LogP contribution is 2.34. The summed E-state index contributed by atoms with van der Waals surface area (Å²) in [5.74, 6) is 0.737. The molecule has 0 N–H and O–H groups in total. The van der Waals surface area contributed by atoms with Gasteiger partial charge in [-0.25, -0.2) is 0 Å². The lowest BCUT2D eigenvalue weighted by molar-refractivity contribution is -0.148. The minimum Gasteiger partial charge on any atom is -0.466 e. The van der Waals surface area contributed by atoms with Gasteiger partial charge in [0, 0.05) is 6.54 Å². The van der Waals surface area contributed by atoms with Gasteiger partial charge >= 0.3 is 5.97 Å². The van der Waals surface area contributed by atoms with Crippen LogP contribution >= 0.6 is 0 Å². The molecule has 1 heterocycles. The fourth-order valence-electron chi connectivity index (χ4n) is 2.95. The molecule has 0 amide bonds. The summed E-state index contributed by atoms with van der Waals surface area (Å²) in [5.41, 5.74) is 0.406. The Morgan fingerprint density at radius 2 is 2.00 bits per heavy atom. The van der Waals surface area contributed by atoms with Crippen molar-refractivity contribution < 1.29 is 9.53 Å². The van der Waals surface area contributed by atoms with Crippen molar-refractivity contribution in [2.75, 3.05) is 26.2 Å². The van der Waals surface area contributed by atoms with E-state index in [0.29, 0.717) is 12.0 Å². The Kier molecular flexibility index (Phi) is 6.31. The molecule has 0 aliphatic carbocycles. The van der Waals surface area contributed by atoms with Gasteiger partial charge in [-0.05, 0) is 50.6 Å². The normalized spacial score (nSPS) is 23.7. The molecule has 3 nitrogen and oxygen atoms in total. The van der Waals surface area contributed by atoms with Gasteiger partial charge in [-0.15, -0.1) is 0 Å². The average Bonchev–Trinajstić information content (AvgIpc) is 2.54. The number of carbonyl (C=O) groups is 1. The van der Waals surface area contributed by atoms with Gasteiger partial charge in [-0.1, -0.05) is 27.7 Å². The number of hydrogen-bond acceptors (Lipinski definition) is 3. The Hall–Kier alpha value is -0.570. The third-order valence-corrected chi connectivity index (χ3v) is 4.27. The van der Waals surface area contributed by atoms with E-state index >= 15 is 0 Å². The number of likely N-dealkylation sites (tertiary alicyclic amines) is 1. The Balaban J connectivity index is 2.43. The fourth-order valence-corrected chi connectivity index (χ4v) is 2.95. The molecule has 1 fully saturated rings. The van der Waals surface area contributed by atoms with E-state index in [1.807, 2.05) is 13.8 Å². The van der Waals surface area contributed by atoms with Gasteiger partial charge in [-0.3, -0.25) is 4.79 Å². The highest BCUT2D eigenvalue weighted by molar-refractivity contribution is 5.72. The van der Waals surface area contributed by atoms with Crippen LogP contribution in [0.2, 0.25) is 0 Å². The molecule has 1 rings (SSSR count). The largest absolute Gasteiger partial charge is 0.466 e. The van der Waals surface area contributed by atoms with Crippen molar-refractivity contribution in [1.82, 2.24) is 4.90 Å². The predicted molar refractivity (Wildman–Crippen MR) is 79.0 cm³/mol. The van der Waals surface area contributed by atoms with Crippen LogP contribution in [0.25, 0.3) is 0 Å². The number of hydrogen-bond donors (Lipinski definition) is 0. The Morgan fingerprint density at radius 3 is 2.58 bits per heavy atom. The summed E-state index contributed by atoms with van der Waals surface area (Å²) in [6.07, 6.45) is 3.81. The molecule has 0 aromatic carbocycles. The first-order valence-electron chi connectivity index (χ1n) is 7.73. The third kappa shape index (κ3) is 5.52. The maximum atomic E-state index is 11.7. The first-order valence-corrected chi connectivity index (χ1v) is 7.73. The zero-order chi connectivity index (χ0) is 14.5. The monoisotopic (exact) mass is 269 g/mol. The van der Waals surface area contributed by atoms with Crippen LogP contribution in [0.5, 0.6) is 0 Å². The van der Waals surface area contributed by atoms with Gasteiger partial charge in [0.2, 0.25) is 0 Å². The molecule has 1 aliphatic rings. The van der Waals surface area contributed by atoms with Gasteiger partial charge in [0.25, 0.3) is 0 Å². The Bertz CT molecular complexity index is 283. The van der Waals surface area contributed by atoms with E-state index in [4.69, 9.17) is 4.74 Å². The van der Waals surface area contributed by atoms with Crippen LogP contribution in [0.3, 0.4) is 0 Å². The number of nitrogens with zero attached hydrogens (tertiary/aromatic N) is 1. The zero-order valence-electron chi connectivity index (χ0n) is 13.4. The van der Waals surface area contributed by atoms with E-state index in [0.717, 1.165) is 25.6 Å². The standard InChI is InChI=1S/C16H31NO2/c1-6-19-15(18)13(2)12-17-10-7-8-14(9-11-17)16(3,4)5/h13-14H,6-12H2,1-5H3. The smallest absolute Gasteiger partial charge is 0.309 e. The molecule has 19 heavy (non-hydrogen) atoms. The molecule has 3 heteroatoms. The summed E-state index contributed by atoms with van der Waals surface area (Å²) in [6, 6.07) is 0. The maximum Gasteiger partial charge on any atom is 0.309 e. The van der Waals surface area contributed by atoms with Crippen LogP contribution in [-0.2, 0) is 9.53 Å². The van der Waals surface area contributed by atoms with E-state index in [2.05, 4.69) is 25.7 Å². The predicted octanol–water partition coefficient (Wildman–Crippen LogP) is 3.33. The molecule has 0 radical (unpaired) electrons. The molecular formula is C16H31NO2. The highest BCUT2D eigenvalue weighted by Gasteiger charge is 2.28. The number of carbonyl (C=O) groups excluding carboxylic acids is 1. The summed E-state index contributed by atoms with van der Waals surface area (Å²) in [5, 5.41) is 0. The van der Waals surface area contributed by atoms with Gasteiger partial charge in [0.1, 0.15) is 0 Å². The maximum absolute atomic E-state index is 11.7. The second-order valence-electron chi connectivity index (χ2n) is 6.95. The molecular weight excluding hydrogens is 238 g/mol. The van der Waals surface area contributed by atoms with Gasteiger partial charge in [0.05, 0.1) is 12.5 Å². The van der Waals surface area contributed by atoms with Crippen molar-refractivity contribution in [2.45, 2.75) is 53.9 Å². The van der Waals surface area contributed by atoms with Crippen molar-refractivity contribution in [3.63, 3.8) is 0 Å². The summed E-state index contributed by atoms with van der Waals surface area (Å²) >= 11 is 0. The third-order valence-electron chi connectivity index (χ3n) is 4.27. The molecule has 0 aromatic heterocycles. The Morgan fingerprint density at radius 1 is 1.32 bits per heavy atom. The van der Waals surface area contributed by atoms with E-state index in [1.165, 1.54) is 19.3 Å². The van der Waals surface area contributed by atoms with Gasteiger partial charge < -0.3 is 9.64 Å². The van der Waals surface area contributed by atoms with Crippen molar-refractivity contribution in [3.8, 4) is 0 Å². The van der Waals surface area contributed by atoms with E-state index < -0.39 is 0 Å². The highest BCUT2D eigenvalue weighted by atomic mass is 16.5. The molecule has 0 aromatic rings. The van der Waals surface area contributed by atoms with E-state index in [9.17, 15) is 4.79 Å². The molecule has 0 bridgehead atoms. The first-order chi connectivity index (χ1) is 8.84. The lowest BCUT2D eigenvalue weighted by atomic mass is 9.77. The second kappa shape index (κ2) is 7.28. The summed E-state index contributed by atoms with van der Waals surface area (Å²) in [4.78, 5) is 14.1. The van der Waals surface area contributed by atoms with Crippen molar-refractivity contribution in [2.24, 2.45) is 17.3 Å². The van der Waals surface area contributed by atoms with E-state index in [1.54, 1.807) is 0 Å². The summed E-state index contributed by atoms with van der Waals surface area (Å²) < 4.78 is 5.09. The number of esters is 1. The topological polar surface area (TPSA) is 29.5 Å². The van der Waals surface area contributed by atoms with Crippen molar-refractivity contribution in [1.29, 1.82) is 0 Å². The molecule has 112 valence electrons. The molecule has 2 atom stereocenters. The van der Waals surface area contributed by atoms with Crippen LogP contribution in [0, 0.1) is 17.3 Å². The van der Waals surface area contributed by atoms with Crippen molar-refractivity contribution >= 4 is 5.97 Å². The van der Waals surface area contributed by atoms with Crippen molar-refractivity contribution in [3.05, 3.63) is 0 Å². The lowest BCUT2D eigenvalue weighted by Gasteiger charge is -2.30. The SMILES string of the molecule is CCOC(=O)C(C)CN1CCCC(C(C)(C)C)CC1. The molecule has 1 aliphatic heterocycles. The molecule has 0 saturated carbocycles. The lowest BCUT2D eigenvalue weighted by Crippen LogP contribution is -2.34. The summed E-state index contributed by atoms with van der Waals surface area (Å²) in [6.45, 7) is 14.4. The number of ether oxygens (including phenoxy) is 1. The minimum atomic E-state index is -0.0564. The van der Waals surface area contributed by atoms with Crippen LogP contribution in [0.15, 0.2) is 0 Å². The zero-order valence-corrected chi connectivity index (χ0v) is 13.4. The minimum absolute atomic E-state index is 0.00821. The molecule has 2 unspecified atom stereocenters. The fraction of sp³-hybridized carbons (Fsp3) is 0.938. The average molecular weight is 269 g/mol. The van der Waals surface area contributed by atoms with Crippen LogP contribution in [0.4, 0.5) is 0 Å². The quantitative estimate of drug-likeness (QED) is 0.733. The number of rotatable bonds is 4. The Labute approximate surface area is 118 Å².